The van der Waals surface area contributed by atoms with Crippen LogP contribution >= 0.6 is 11.6 Å². The zero-order valence-electron chi connectivity index (χ0n) is 16.7. The van der Waals surface area contributed by atoms with Gasteiger partial charge in [-0.2, -0.15) is 0 Å². The zero-order valence-corrected chi connectivity index (χ0v) is 17.4. The predicted molar refractivity (Wildman–Crippen MR) is 112 cm³/mol. The van der Waals surface area contributed by atoms with E-state index in [-0.39, 0.29) is 23.1 Å². The second kappa shape index (κ2) is 9.82. The zero-order chi connectivity index (χ0) is 21.7. The lowest BCUT2D eigenvalue weighted by molar-refractivity contribution is 0.286. The maximum Gasteiger partial charge on any atom is 0.276 e. The van der Waals surface area contributed by atoms with Gasteiger partial charge in [-0.25, -0.2) is 13.8 Å². The van der Waals surface area contributed by atoms with Gasteiger partial charge in [0.05, 0.1) is 6.54 Å². The summed E-state index contributed by atoms with van der Waals surface area (Å²) >= 11 is 6.11. The van der Waals surface area contributed by atoms with Crippen molar-refractivity contribution in [3.05, 3.63) is 92.5 Å². The van der Waals surface area contributed by atoms with Gasteiger partial charge in [0.2, 0.25) is 5.88 Å². The number of benzene rings is 2. The predicted octanol–water partition coefficient (Wildman–Crippen LogP) is 4.30. The lowest BCUT2D eigenvalue weighted by Crippen LogP contribution is -2.23. The number of ether oxygens (including phenoxy) is 1. The van der Waals surface area contributed by atoms with Crippen LogP contribution in [0.3, 0.4) is 0 Å². The van der Waals surface area contributed by atoms with Crippen LogP contribution < -0.4 is 15.6 Å². The van der Waals surface area contributed by atoms with E-state index in [9.17, 15) is 13.6 Å². The highest BCUT2D eigenvalue weighted by Crippen LogP contribution is 2.19. The molecule has 0 bridgehead atoms. The number of halogens is 3. The van der Waals surface area contributed by atoms with Crippen LogP contribution in [0.4, 0.5) is 8.78 Å². The van der Waals surface area contributed by atoms with Crippen LogP contribution in [0, 0.1) is 11.6 Å². The van der Waals surface area contributed by atoms with Crippen molar-refractivity contribution in [3.8, 4) is 5.88 Å². The third kappa shape index (κ3) is 5.64. The van der Waals surface area contributed by atoms with Gasteiger partial charge in [-0.3, -0.25) is 9.36 Å². The van der Waals surface area contributed by atoms with Gasteiger partial charge in [0, 0.05) is 24.2 Å². The van der Waals surface area contributed by atoms with Crippen LogP contribution in [0.15, 0.2) is 53.6 Å². The first-order valence-electron chi connectivity index (χ1n) is 9.46. The normalized spacial score (nSPS) is 11.1. The molecule has 0 aliphatic rings. The molecule has 3 rings (SSSR count). The summed E-state index contributed by atoms with van der Waals surface area (Å²) in [6, 6.07) is 11.4. The van der Waals surface area contributed by atoms with E-state index < -0.39 is 17.2 Å². The van der Waals surface area contributed by atoms with E-state index >= 15 is 0 Å². The molecule has 0 saturated carbocycles. The molecule has 0 unspecified atom stereocenters. The van der Waals surface area contributed by atoms with Gasteiger partial charge in [-0.15, -0.1) is 0 Å². The van der Waals surface area contributed by atoms with Crippen LogP contribution in [0.5, 0.6) is 5.88 Å². The maximum absolute atomic E-state index is 13.7. The molecule has 0 atom stereocenters. The van der Waals surface area contributed by atoms with Crippen molar-refractivity contribution in [2.45, 2.75) is 39.6 Å². The van der Waals surface area contributed by atoms with Crippen molar-refractivity contribution in [1.82, 2.24) is 14.9 Å². The van der Waals surface area contributed by atoms with Crippen LogP contribution in [0.2, 0.25) is 5.02 Å². The maximum atomic E-state index is 13.7. The Morgan fingerprint density at radius 2 is 1.83 bits per heavy atom. The summed E-state index contributed by atoms with van der Waals surface area (Å²) in [5.41, 5.74) is 1.73. The summed E-state index contributed by atoms with van der Waals surface area (Å²) in [5.74, 6) is -1.53. The van der Waals surface area contributed by atoms with E-state index in [0.717, 1.165) is 29.8 Å². The van der Waals surface area contributed by atoms with E-state index in [1.54, 1.807) is 0 Å². The Kier molecular flexibility index (Phi) is 7.18. The minimum atomic E-state index is -0.744. The highest BCUT2D eigenvalue weighted by Gasteiger charge is 2.13. The van der Waals surface area contributed by atoms with Crippen molar-refractivity contribution < 1.29 is 13.5 Å². The molecule has 3 aromatic rings. The first kappa shape index (κ1) is 21.9. The second-order valence-corrected chi connectivity index (χ2v) is 7.55. The van der Waals surface area contributed by atoms with Gasteiger partial charge < -0.3 is 10.1 Å². The summed E-state index contributed by atoms with van der Waals surface area (Å²) in [6.07, 6.45) is 1.33. The molecule has 5 nitrogen and oxygen atoms in total. The SMILES string of the molecule is CC(C)NCc1ccc(Cn2cnc(OCc3ccc(F)cc3F)c(Cl)c2=O)cc1. The number of hydrogen-bond donors (Lipinski definition) is 1. The third-order valence-electron chi connectivity index (χ3n) is 4.42. The van der Waals surface area contributed by atoms with E-state index in [0.29, 0.717) is 12.6 Å². The summed E-state index contributed by atoms with van der Waals surface area (Å²) in [4.78, 5) is 16.6. The van der Waals surface area contributed by atoms with Gasteiger partial charge in [-0.1, -0.05) is 49.7 Å². The van der Waals surface area contributed by atoms with Gasteiger partial charge in [0.1, 0.15) is 24.6 Å². The molecule has 0 fully saturated rings. The fraction of sp³-hybridized carbons (Fsp3) is 0.273. The number of hydrogen-bond acceptors (Lipinski definition) is 4. The smallest absolute Gasteiger partial charge is 0.276 e. The van der Waals surface area contributed by atoms with E-state index in [4.69, 9.17) is 16.3 Å². The monoisotopic (exact) mass is 433 g/mol. The first-order valence-corrected chi connectivity index (χ1v) is 9.84. The Labute approximate surface area is 178 Å². The van der Waals surface area contributed by atoms with Crippen LogP contribution in [0.25, 0.3) is 0 Å². The Morgan fingerprint density at radius 1 is 1.13 bits per heavy atom. The molecule has 0 radical (unpaired) electrons. The lowest BCUT2D eigenvalue weighted by Gasteiger charge is -2.11. The standard InChI is InChI=1S/C22H22ClF2N3O2/c1-14(2)26-10-15-3-5-16(6-4-15)11-28-13-27-21(20(23)22(28)29)30-12-17-7-8-18(24)9-19(17)25/h3-9,13-14,26H,10-12H2,1-2H3. The minimum absolute atomic E-state index is 0.100. The van der Waals surface area contributed by atoms with Crippen LogP contribution in [-0.2, 0) is 19.7 Å². The fourth-order valence-electron chi connectivity index (χ4n) is 2.73. The molecule has 8 heteroatoms. The summed E-state index contributed by atoms with van der Waals surface area (Å²) in [6.45, 7) is 5.01. The molecule has 1 aromatic heterocycles. The van der Waals surface area contributed by atoms with Crippen molar-refractivity contribution >= 4 is 11.6 Å². The number of nitrogens with one attached hydrogen (secondary N) is 1. The molecule has 0 aliphatic heterocycles. The van der Waals surface area contributed by atoms with E-state index in [1.807, 2.05) is 24.3 Å². The molecule has 30 heavy (non-hydrogen) atoms. The largest absolute Gasteiger partial charge is 0.471 e. The summed E-state index contributed by atoms with van der Waals surface area (Å²) in [5, 5.41) is 3.15. The van der Waals surface area contributed by atoms with E-state index in [1.165, 1.54) is 17.0 Å². The van der Waals surface area contributed by atoms with Gasteiger partial charge in [0.25, 0.3) is 5.56 Å². The average Bonchev–Trinajstić information content (AvgIpc) is 2.71. The molecular weight excluding hydrogens is 412 g/mol. The minimum Gasteiger partial charge on any atom is -0.471 e. The van der Waals surface area contributed by atoms with Gasteiger partial charge in [-0.05, 0) is 23.3 Å². The number of rotatable bonds is 8. The Morgan fingerprint density at radius 3 is 2.50 bits per heavy atom. The van der Waals surface area contributed by atoms with Crippen molar-refractivity contribution in [2.75, 3.05) is 0 Å². The molecule has 0 spiro atoms. The molecule has 1 N–H and O–H groups in total. The number of nitrogens with zero attached hydrogens (tertiary/aromatic N) is 2. The molecule has 1 heterocycles. The fourth-order valence-corrected chi connectivity index (χ4v) is 2.94. The second-order valence-electron chi connectivity index (χ2n) is 7.17. The van der Waals surface area contributed by atoms with Crippen LogP contribution in [0.1, 0.15) is 30.5 Å². The lowest BCUT2D eigenvalue weighted by atomic mass is 10.1. The quantitative estimate of drug-likeness (QED) is 0.575. The van der Waals surface area contributed by atoms with Gasteiger partial charge >= 0.3 is 0 Å². The average molecular weight is 434 g/mol. The topological polar surface area (TPSA) is 56.1 Å². The Hall–Kier alpha value is -2.77. The highest BCUT2D eigenvalue weighted by atomic mass is 35.5. The van der Waals surface area contributed by atoms with E-state index in [2.05, 4.69) is 24.1 Å². The molecule has 2 aromatic carbocycles. The third-order valence-corrected chi connectivity index (χ3v) is 4.74. The molecule has 158 valence electrons. The summed E-state index contributed by atoms with van der Waals surface area (Å²) < 4.78 is 33.4. The molecular formula is C22H22ClF2N3O2. The molecule has 0 amide bonds. The molecule has 0 saturated heterocycles. The summed E-state index contributed by atoms with van der Waals surface area (Å²) in [7, 11) is 0. The number of aromatic nitrogens is 2. The van der Waals surface area contributed by atoms with Crippen molar-refractivity contribution in [2.24, 2.45) is 0 Å². The first-order chi connectivity index (χ1) is 14.3. The van der Waals surface area contributed by atoms with Crippen molar-refractivity contribution in [1.29, 1.82) is 0 Å². The Balaban J connectivity index is 1.67. The highest BCUT2D eigenvalue weighted by molar-refractivity contribution is 6.31. The Bertz CT molecular complexity index is 1070. The molecule has 0 aliphatic carbocycles. The van der Waals surface area contributed by atoms with Crippen molar-refractivity contribution in [3.63, 3.8) is 0 Å². The van der Waals surface area contributed by atoms with Crippen LogP contribution in [-0.4, -0.2) is 15.6 Å². The van der Waals surface area contributed by atoms with Gasteiger partial charge in [0.15, 0.2) is 5.02 Å².